The molecule has 1 aromatic carbocycles. The summed E-state index contributed by atoms with van der Waals surface area (Å²) >= 11 is 5.92. The monoisotopic (exact) mass is 307 g/mol. The van der Waals surface area contributed by atoms with Crippen LogP contribution in [0.1, 0.15) is 22.5 Å². The first-order valence-electron chi connectivity index (χ1n) is 7.08. The summed E-state index contributed by atoms with van der Waals surface area (Å²) in [5.41, 5.74) is 4.74. The van der Waals surface area contributed by atoms with Crippen LogP contribution in [-0.4, -0.2) is 30.0 Å². The summed E-state index contributed by atoms with van der Waals surface area (Å²) < 4.78 is 7.09. The molecular weight excluding hydrogens is 286 g/mol. The number of benzene rings is 1. The molecule has 0 aliphatic carbocycles. The summed E-state index contributed by atoms with van der Waals surface area (Å²) in [4.78, 5) is 0. The van der Waals surface area contributed by atoms with E-state index in [9.17, 15) is 0 Å². The lowest BCUT2D eigenvalue weighted by Gasteiger charge is -2.07. The summed E-state index contributed by atoms with van der Waals surface area (Å²) in [7, 11) is 1.71. The Balaban J connectivity index is 2.05. The van der Waals surface area contributed by atoms with Crippen molar-refractivity contribution in [2.45, 2.75) is 26.9 Å². The average molecular weight is 308 g/mol. The SMILES string of the molecule is COCCNCc1c(C)nn(Cc2ccc(Cl)cc2)c1C. The normalized spacial score (nSPS) is 11.0. The Morgan fingerprint density at radius 2 is 1.95 bits per heavy atom. The van der Waals surface area contributed by atoms with E-state index in [1.165, 1.54) is 16.8 Å². The predicted octanol–water partition coefficient (Wildman–Crippen LogP) is 2.94. The van der Waals surface area contributed by atoms with Gasteiger partial charge in [-0.25, -0.2) is 0 Å². The molecule has 4 nitrogen and oxygen atoms in total. The van der Waals surface area contributed by atoms with Gasteiger partial charge in [0.15, 0.2) is 0 Å². The standard InChI is InChI=1S/C16H22ClN3O/c1-12-16(10-18-8-9-21-3)13(2)20(19-12)11-14-4-6-15(17)7-5-14/h4-7,18H,8-11H2,1-3H3. The minimum atomic E-state index is 0.719. The molecule has 0 saturated carbocycles. The van der Waals surface area contributed by atoms with Gasteiger partial charge in [0.2, 0.25) is 0 Å². The van der Waals surface area contributed by atoms with Crippen LogP contribution in [0.5, 0.6) is 0 Å². The molecule has 1 heterocycles. The summed E-state index contributed by atoms with van der Waals surface area (Å²) in [5, 5.41) is 8.77. The van der Waals surface area contributed by atoms with Gasteiger partial charge in [-0.05, 0) is 31.5 Å². The average Bonchev–Trinajstić information content (AvgIpc) is 2.73. The number of methoxy groups -OCH3 is 1. The summed E-state index contributed by atoms with van der Waals surface area (Å²) in [6.45, 7) is 7.32. The van der Waals surface area contributed by atoms with Gasteiger partial charge in [0.1, 0.15) is 0 Å². The molecule has 0 aliphatic heterocycles. The first kappa shape index (κ1) is 16.0. The second kappa shape index (κ2) is 7.59. The van der Waals surface area contributed by atoms with Crippen LogP contribution in [0, 0.1) is 13.8 Å². The lowest BCUT2D eigenvalue weighted by Crippen LogP contribution is -2.19. The van der Waals surface area contributed by atoms with Crippen molar-refractivity contribution in [1.82, 2.24) is 15.1 Å². The van der Waals surface area contributed by atoms with Crippen LogP contribution in [0.4, 0.5) is 0 Å². The quantitative estimate of drug-likeness (QED) is 0.799. The third-order valence-corrected chi connectivity index (χ3v) is 3.81. The highest BCUT2D eigenvalue weighted by atomic mass is 35.5. The van der Waals surface area contributed by atoms with Crippen molar-refractivity contribution in [1.29, 1.82) is 0 Å². The molecule has 0 amide bonds. The van der Waals surface area contributed by atoms with Gasteiger partial charge in [0, 0.05) is 36.5 Å². The Kier molecular flexibility index (Phi) is 5.79. The first-order valence-corrected chi connectivity index (χ1v) is 7.46. The van der Waals surface area contributed by atoms with E-state index in [-0.39, 0.29) is 0 Å². The molecule has 0 fully saturated rings. The number of rotatable bonds is 7. The van der Waals surface area contributed by atoms with Gasteiger partial charge >= 0.3 is 0 Å². The molecule has 2 aromatic rings. The number of hydrogen-bond donors (Lipinski definition) is 1. The van der Waals surface area contributed by atoms with Gasteiger partial charge in [-0.15, -0.1) is 0 Å². The lowest BCUT2D eigenvalue weighted by molar-refractivity contribution is 0.199. The van der Waals surface area contributed by atoms with Gasteiger partial charge in [0.05, 0.1) is 18.8 Å². The molecule has 114 valence electrons. The van der Waals surface area contributed by atoms with Crippen LogP contribution in [0.3, 0.4) is 0 Å². The Morgan fingerprint density at radius 1 is 1.24 bits per heavy atom. The topological polar surface area (TPSA) is 39.1 Å². The molecule has 0 aliphatic rings. The molecule has 0 saturated heterocycles. The third-order valence-electron chi connectivity index (χ3n) is 3.56. The van der Waals surface area contributed by atoms with Gasteiger partial charge in [-0.3, -0.25) is 4.68 Å². The zero-order valence-electron chi connectivity index (χ0n) is 12.8. The molecule has 0 radical (unpaired) electrons. The number of nitrogens with zero attached hydrogens (tertiary/aromatic N) is 2. The molecular formula is C16H22ClN3O. The molecule has 2 rings (SSSR count). The smallest absolute Gasteiger partial charge is 0.0662 e. The first-order chi connectivity index (χ1) is 10.1. The molecule has 5 heteroatoms. The number of hydrogen-bond acceptors (Lipinski definition) is 3. The van der Waals surface area contributed by atoms with Crippen LogP contribution in [0.15, 0.2) is 24.3 Å². The highest BCUT2D eigenvalue weighted by Gasteiger charge is 2.11. The molecule has 0 bridgehead atoms. The summed E-state index contributed by atoms with van der Waals surface area (Å²) in [5.74, 6) is 0. The molecule has 1 aromatic heterocycles. The highest BCUT2D eigenvalue weighted by molar-refractivity contribution is 6.30. The Morgan fingerprint density at radius 3 is 2.62 bits per heavy atom. The van der Waals surface area contributed by atoms with E-state index in [0.29, 0.717) is 0 Å². The van der Waals surface area contributed by atoms with E-state index in [1.807, 2.05) is 28.9 Å². The molecule has 0 unspecified atom stereocenters. The van der Waals surface area contributed by atoms with Crippen LogP contribution >= 0.6 is 11.6 Å². The maximum Gasteiger partial charge on any atom is 0.0662 e. The highest BCUT2D eigenvalue weighted by Crippen LogP contribution is 2.16. The fourth-order valence-corrected chi connectivity index (χ4v) is 2.42. The van der Waals surface area contributed by atoms with Gasteiger partial charge in [-0.2, -0.15) is 5.10 Å². The maximum atomic E-state index is 5.92. The van der Waals surface area contributed by atoms with Crippen LogP contribution in [0.25, 0.3) is 0 Å². The maximum absolute atomic E-state index is 5.92. The van der Waals surface area contributed by atoms with Crippen molar-refractivity contribution in [3.8, 4) is 0 Å². The zero-order valence-corrected chi connectivity index (χ0v) is 13.6. The molecule has 21 heavy (non-hydrogen) atoms. The molecule has 0 spiro atoms. The number of aryl methyl sites for hydroxylation is 1. The second-order valence-electron chi connectivity index (χ2n) is 5.10. The Hall–Kier alpha value is -1.36. The Labute approximate surface area is 131 Å². The van der Waals surface area contributed by atoms with Crippen molar-refractivity contribution in [2.24, 2.45) is 0 Å². The van der Waals surface area contributed by atoms with Crippen molar-refractivity contribution < 1.29 is 4.74 Å². The second-order valence-corrected chi connectivity index (χ2v) is 5.54. The number of aromatic nitrogens is 2. The van der Waals surface area contributed by atoms with Crippen molar-refractivity contribution >= 4 is 11.6 Å². The Bertz CT molecular complexity index is 578. The fraction of sp³-hybridized carbons (Fsp3) is 0.438. The lowest BCUT2D eigenvalue weighted by atomic mass is 10.2. The largest absolute Gasteiger partial charge is 0.383 e. The minimum absolute atomic E-state index is 0.719. The van der Waals surface area contributed by atoms with Gasteiger partial charge < -0.3 is 10.1 Å². The van der Waals surface area contributed by atoms with Crippen molar-refractivity contribution in [2.75, 3.05) is 20.3 Å². The summed E-state index contributed by atoms with van der Waals surface area (Å²) in [6.07, 6.45) is 0. The fourth-order valence-electron chi connectivity index (χ4n) is 2.29. The molecule has 1 N–H and O–H groups in total. The van der Waals surface area contributed by atoms with E-state index in [1.54, 1.807) is 7.11 Å². The van der Waals surface area contributed by atoms with Crippen molar-refractivity contribution in [3.63, 3.8) is 0 Å². The van der Waals surface area contributed by atoms with Crippen molar-refractivity contribution in [3.05, 3.63) is 51.8 Å². The van der Waals surface area contributed by atoms with E-state index in [4.69, 9.17) is 16.3 Å². The van der Waals surface area contributed by atoms with E-state index < -0.39 is 0 Å². The van der Waals surface area contributed by atoms with Crippen LogP contribution in [0.2, 0.25) is 5.02 Å². The van der Waals surface area contributed by atoms with Crippen LogP contribution < -0.4 is 5.32 Å². The number of ether oxygens (including phenoxy) is 1. The van der Waals surface area contributed by atoms with E-state index in [2.05, 4.69) is 24.3 Å². The van der Waals surface area contributed by atoms with E-state index >= 15 is 0 Å². The van der Waals surface area contributed by atoms with Gasteiger partial charge in [-0.1, -0.05) is 23.7 Å². The zero-order chi connectivity index (χ0) is 15.2. The molecule has 0 atom stereocenters. The number of halogens is 1. The number of nitrogens with one attached hydrogen (secondary N) is 1. The minimum Gasteiger partial charge on any atom is -0.383 e. The predicted molar refractivity (Wildman–Crippen MR) is 85.8 cm³/mol. The van der Waals surface area contributed by atoms with Crippen LogP contribution in [-0.2, 0) is 17.8 Å². The summed E-state index contributed by atoms with van der Waals surface area (Å²) in [6, 6.07) is 7.90. The third kappa shape index (κ3) is 4.30. The van der Waals surface area contributed by atoms with E-state index in [0.717, 1.165) is 37.0 Å². The van der Waals surface area contributed by atoms with Gasteiger partial charge in [0.25, 0.3) is 0 Å².